The van der Waals surface area contributed by atoms with Gasteiger partial charge >= 0.3 is 0 Å². The van der Waals surface area contributed by atoms with E-state index in [1.54, 1.807) is 0 Å². The first-order chi connectivity index (χ1) is 7.50. The van der Waals surface area contributed by atoms with Gasteiger partial charge in [0, 0.05) is 11.7 Å². The van der Waals surface area contributed by atoms with Crippen molar-refractivity contribution >= 4 is 11.0 Å². The minimum atomic E-state index is 0.415. The van der Waals surface area contributed by atoms with Crippen molar-refractivity contribution in [3.63, 3.8) is 0 Å². The molecule has 0 saturated carbocycles. The lowest BCUT2D eigenvalue weighted by molar-refractivity contribution is 0.617. The first kappa shape index (κ1) is 11.1. The SMILES string of the molecule is Cc1cc2c(ncn2C(C)C)c(C(C)C)n1. The van der Waals surface area contributed by atoms with Crippen LogP contribution in [-0.4, -0.2) is 14.5 Å². The zero-order chi connectivity index (χ0) is 11.9. The second-order valence-corrected chi connectivity index (χ2v) is 4.92. The van der Waals surface area contributed by atoms with Crippen molar-refractivity contribution < 1.29 is 0 Å². The maximum absolute atomic E-state index is 4.60. The van der Waals surface area contributed by atoms with Crippen LogP contribution < -0.4 is 0 Å². The van der Waals surface area contributed by atoms with Gasteiger partial charge in [0.2, 0.25) is 0 Å². The quantitative estimate of drug-likeness (QED) is 0.771. The molecule has 0 aliphatic rings. The summed E-state index contributed by atoms with van der Waals surface area (Å²) in [5, 5.41) is 0. The molecule has 2 aromatic heterocycles. The summed E-state index contributed by atoms with van der Waals surface area (Å²) in [5.41, 5.74) is 4.42. The van der Waals surface area contributed by atoms with Gasteiger partial charge in [-0.15, -0.1) is 0 Å². The third kappa shape index (κ3) is 1.70. The van der Waals surface area contributed by atoms with E-state index in [1.807, 2.05) is 13.3 Å². The van der Waals surface area contributed by atoms with Gasteiger partial charge in [-0.25, -0.2) is 4.98 Å². The summed E-state index contributed by atoms with van der Waals surface area (Å²) in [6, 6.07) is 2.56. The van der Waals surface area contributed by atoms with E-state index < -0.39 is 0 Å². The molecule has 0 aromatic carbocycles. The van der Waals surface area contributed by atoms with Crippen LogP contribution in [0.2, 0.25) is 0 Å². The normalized spacial score (nSPS) is 11.9. The fourth-order valence-corrected chi connectivity index (χ4v) is 2.00. The first-order valence-corrected chi connectivity index (χ1v) is 5.84. The molecular weight excluding hydrogens is 198 g/mol. The van der Waals surface area contributed by atoms with Crippen LogP contribution in [0.5, 0.6) is 0 Å². The standard InChI is InChI=1S/C13H19N3/c1-8(2)12-13-11(6-10(5)15-12)16(7-14-13)9(3)4/h6-9H,1-5H3. The Bertz CT molecular complexity index is 509. The number of nitrogens with zero attached hydrogens (tertiary/aromatic N) is 3. The monoisotopic (exact) mass is 217 g/mol. The van der Waals surface area contributed by atoms with Crippen molar-refractivity contribution in [2.75, 3.05) is 0 Å². The molecule has 2 rings (SSSR count). The summed E-state index contributed by atoms with van der Waals surface area (Å²) in [5.74, 6) is 0.415. The van der Waals surface area contributed by atoms with Gasteiger partial charge in [0.15, 0.2) is 0 Å². The Morgan fingerprint density at radius 3 is 2.44 bits per heavy atom. The van der Waals surface area contributed by atoms with Crippen molar-refractivity contribution in [1.29, 1.82) is 0 Å². The average molecular weight is 217 g/mol. The molecule has 0 amide bonds. The van der Waals surface area contributed by atoms with E-state index in [-0.39, 0.29) is 0 Å². The van der Waals surface area contributed by atoms with E-state index in [9.17, 15) is 0 Å². The Morgan fingerprint density at radius 2 is 1.88 bits per heavy atom. The summed E-state index contributed by atoms with van der Waals surface area (Å²) in [6.45, 7) is 10.7. The van der Waals surface area contributed by atoms with Gasteiger partial charge in [0.25, 0.3) is 0 Å². The predicted octanol–water partition coefficient (Wildman–Crippen LogP) is 3.44. The smallest absolute Gasteiger partial charge is 0.110 e. The summed E-state index contributed by atoms with van der Waals surface area (Å²) < 4.78 is 2.20. The molecule has 0 N–H and O–H groups in total. The molecule has 16 heavy (non-hydrogen) atoms. The van der Waals surface area contributed by atoms with Gasteiger partial charge in [-0.2, -0.15) is 0 Å². The highest BCUT2D eigenvalue weighted by Crippen LogP contribution is 2.25. The van der Waals surface area contributed by atoms with Crippen LogP contribution in [-0.2, 0) is 0 Å². The lowest BCUT2D eigenvalue weighted by atomic mass is 10.1. The zero-order valence-corrected chi connectivity index (χ0v) is 10.7. The van der Waals surface area contributed by atoms with Gasteiger partial charge in [-0.1, -0.05) is 13.8 Å². The molecule has 2 heterocycles. The average Bonchev–Trinajstić information content (AvgIpc) is 2.59. The third-order valence-corrected chi connectivity index (χ3v) is 2.82. The van der Waals surface area contributed by atoms with Crippen LogP contribution in [0.4, 0.5) is 0 Å². The van der Waals surface area contributed by atoms with Crippen LogP contribution in [0.15, 0.2) is 12.4 Å². The number of aryl methyl sites for hydroxylation is 1. The fraction of sp³-hybridized carbons (Fsp3) is 0.538. The third-order valence-electron chi connectivity index (χ3n) is 2.82. The van der Waals surface area contributed by atoms with Gasteiger partial charge in [-0.05, 0) is 32.8 Å². The zero-order valence-electron chi connectivity index (χ0n) is 10.7. The highest BCUT2D eigenvalue weighted by Gasteiger charge is 2.13. The summed E-state index contributed by atoms with van der Waals surface area (Å²) in [7, 11) is 0. The topological polar surface area (TPSA) is 30.7 Å². The van der Waals surface area contributed by atoms with Crippen LogP contribution in [0.1, 0.15) is 51.0 Å². The van der Waals surface area contributed by atoms with Gasteiger partial charge in [0.1, 0.15) is 5.52 Å². The first-order valence-electron chi connectivity index (χ1n) is 5.84. The van der Waals surface area contributed by atoms with Crippen LogP contribution >= 0.6 is 0 Å². The van der Waals surface area contributed by atoms with Crippen LogP contribution in [0, 0.1) is 6.92 Å². The van der Waals surface area contributed by atoms with Gasteiger partial charge < -0.3 is 4.57 Å². The Kier molecular flexibility index (Phi) is 2.70. The van der Waals surface area contributed by atoms with E-state index in [2.05, 4.69) is 48.3 Å². The molecule has 86 valence electrons. The van der Waals surface area contributed by atoms with E-state index in [0.29, 0.717) is 12.0 Å². The number of rotatable bonds is 2. The molecule has 0 radical (unpaired) electrons. The molecule has 0 spiro atoms. The van der Waals surface area contributed by atoms with E-state index in [0.717, 1.165) is 16.9 Å². The van der Waals surface area contributed by atoms with Crippen molar-refractivity contribution in [3.05, 3.63) is 23.8 Å². The number of pyridine rings is 1. The molecule has 0 atom stereocenters. The Labute approximate surface area is 96.5 Å². The van der Waals surface area contributed by atoms with Gasteiger partial charge in [0.05, 0.1) is 17.5 Å². The van der Waals surface area contributed by atoms with Crippen molar-refractivity contribution in [2.24, 2.45) is 0 Å². The minimum Gasteiger partial charge on any atom is -0.328 e. The Balaban J connectivity index is 2.75. The summed E-state index contributed by atoms with van der Waals surface area (Å²) in [4.78, 5) is 9.10. The number of hydrogen-bond donors (Lipinski definition) is 0. The summed E-state index contributed by atoms with van der Waals surface area (Å²) >= 11 is 0. The maximum Gasteiger partial charge on any atom is 0.110 e. The molecule has 0 unspecified atom stereocenters. The molecule has 3 heteroatoms. The maximum atomic E-state index is 4.60. The molecule has 2 aromatic rings. The molecule has 0 fully saturated rings. The van der Waals surface area contributed by atoms with E-state index >= 15 is 0 Å². The predicted molar refractivity (Wildman–Crippen MR) is 66.7 cm³/mol. The Hall–Kier alpha value is -1.38. The lowest BCUT2D eigenvalue weighted by Gasteiger charge is -2.10. The lowest BCUT2D eigenvalue weighted by Crippen LogP contribution is -2.01. The van der Waals surface area contributed by atoms with Crippen molar-refractivity contribution in [2.45, 2.75) is 46.6 Å². The largest absolute Gasteiger partial charge is 0.328 e. The van der Waals surface area contributed by atoms with E-state index in [4.69, 9.17) is 0 Å². The molecule has 0 bridgehead atoms. The van der Waals surface area contributed by atoms with Crippen molar-refractivity contribution in [1.82, 2.24) is 14.5 Å². The fourth-order valence-electron chi connectivity index (χ4n) is 2.00. The van der Waals surface area contributed by atoms with E-state index in [1.165, 1.54) is 5.52 Å². The van der Waals surface area contributed by atoms with Crippen molar-refractivity contribution in [3.8, 4) is 0 Å². The molecule has 0 saturated heterocycles. The second-order valence-electron chi connectivity index (χ2n) is 4.92. The summed E-state index contributed by atoms with van der Waals surface area (Å²) in [6.07, 6.45) is 1.92. The molecular formula is C13H19N3. The second kappa shape index (κ2) is 3.89. The number of imidazole rings is 1. The highest BCUT2D eigenvalue weighted by molar-refractivity contribution is 5.78. The molecule has 3 nitrogen and oxygen atoms in total. The van der Waals surface area contributed by atoms with Gasteiger partial charge in [-0.3, -0.25) is 4.98 Å². The van der Waals surface area contributed by atoms with Crippen LogP contribution in [0.3, 0.4) is 0 Å². The number of fused-ring (bicyclic) bond motifs is 1. The van der Waals surface area contributed by atoms with Crippen LogP contribution in [0.25, 0.3) is 11.0 Å². The molecule has 0 aliphatic carbocycles. The molecule has 0 aliphatic heterocycles. The Morgan fingerprint density at radius 1 is 1.19 bits per heavy atom. The number of hydrogen-bond acceptors (Lipinski definition) is 2. The highest BCUT2D eigenvalue weighted by atomic mass is 15.1. The minimum absolute atomic E-state index is 0.415. The number of aromatic nitrogens is 3.